The smallest absolute Gasteiger partial charge is 0.322 e. The first-order chi connectivity index (χ1) is 16.6. The van der Waals surface area contributed by atoms with Crippen LogP contribution in [0.3, 0.4) is 0 Å². The fraction of sp³-hybridized carbons (Fsp3) is 0.542. The van der Waals surface area contributed by atoms with Gasteiger partial charge in [-0.1, -0.05) is 0 Å². The Morgan fingerprint density at radius 2 is 1.71 bits per heavy atom. The Morgan fingerprint density at radius 3 is 2.38 bits per heavy atom. The third kappa shape index (κ3) is 9.80. The first-order valence-corrected chi connectivity index (χ1v) is 11.7. The van der Waals surface area contributed by atoms with Crippen LogP contribution in [0.1, 0.15) is 50.0 Å². The molecule has 188 valence electrons. The molecule has 0 aliphatic rings. The number of oxazole rings is 1. The fourth-order valence-corrected chi connectivity index (χ4v) is 3.02. The second kappa shape index (κ2) is 15.7. The average molecular weight is 477 g/mol. The van der Waals surface area contributed by atoms with Crippen LogP contribution in [0, 0.1) is 0 Å². The maximum absolute atomic E-state index is 12.9. The summed E-state index contributed by atoms with van der Waals surface area (Å²) in [6.07, 6.45) is 2.66. The van der Waals surface area contributed by atoms with Gasteiger partial charge < -0.3 is 34.2 Å². The molecule has 0 radical (unpaired) electrons. The number of benzene rings is 1. The number of hydrogen-bond acceptors (Lipinski definition) is 7. The number of anilines is 1. The van der Waals surface area contributed by atoms with Gasteiger partial charge in [0, 0.05) is 45.2 Å². The summed E-state index contributed by atoms with van der Waals surface area (Å²) in [7, 11) is 0. The molecule has 0 bridgehead atoms. The zero-order chi connectivity index (χ0) is 24.6. The molecule has 0 fully saturated rings. The van der Waals surface area contributed by atoms with E-state index in [0.29, 0.717) is 64.7 Å². The number of carbonyl (C=O) groups excluding carboxylic acids is 2. The van der Waals surface area contributed by atoms with Gasteiger partial charge in [0.1, 0.15) is 12.0 Å². The van der Waals surface area contributed by atoms with Crippen LogP contribution in [0.5, 0.6) is 5.75 Å². The highest BCUT2D eigenvalue weighted by Gasteiger charge is 2.19. The fourth-order valence-electron chi connectivity index (χ4n) is 3.02. The molecule has 0 aliphatic carbocycles. The normalized spacial score (nSPS) is 10.7. The van der Waals surface area contributed by atoms with Gasteiger partial charge in [-0.15, -0.1) is 0 Å². The summed E-state index contributed by atoms with van der Waals surface area (Å²) >= 11 is 0. The van der Waals surface area contributed by atoms with Crippen molar-refractivity contribution in [1.82, 2.24) is 15.2 Å². The van der Waals surface area contributed by atoms with E-state index < -0.39 is 0 Å². The quantitative estimate of drug-likeness (QED) is 0.355. The number of amides is 3. The van der Waals surface area contributed by atoms with Crippen LogP contribution in [0.25, 0.3) is 0 Å². The van der Waals surface area contributed by atoms with Crippen molar-refractivity contribution in [2.45, 2.75) is 40.2 Å². The summed E-state index contributed by atoms with van der Waals surface area (Å²) in [5.41, 5.74) is 0.815. The molecule has 1 heterocycles. The highest BCUT2D eigenvalue weighted by Crippen LogP contribution is 2.17. The van der Waals surface area contributed by atoms with Gasteiger partial charge in [-0.2, -0.15) is 0 Å². The van der Waals surface area contributed by atoms with Gasteiger partial charge in [0.05, 0.1) is 13.2 Å². The van der Waals surface area contributed by atoms with E-state index in [-0.39, 0.29) is 30.1 Å². The highest BCUT2D eigenvalue weighted by molar-refractivity contribution is 5.92. The SMILES string of the molecule is CCOCCCNC(=O)c1coc(CN(CCCOCC)C(=O)Nc2ccc(OCC)cc2)n1. The van der Waals surface area contributed by atoms with E-state index in [4.69, 9.17) is 18.6 Å². The van der Waals surface area contributed by atoms with Crippen molar-refractivity contribution in [2.75, 3.05) is 51.4 Å². The van der Waals surface area contributed by atoms with Crippen molar-refractivity contribution in [2.24, 2.45) is 0 Å². The molecular weight excluding hydrogens is 440 g/mol. The number of rotatable bonds is 16. The van der Waals surface area contributed by atoms with Crippen molar-refractivity contribution in [3.63, 3.8) is 0 Å². The number of hydrogen-bond donors (Lipinski definition) is 2. The Labute approximate surface area is 200 Å². The van der Waals surface area contributed by atoms with Gasteiger partial charge in [-0.05, 0) is 57.9 Å². The van der Waals surface area contributed by atoms with Crippen LogP contribution in [0.4, 0.5) is 10.5 Å². The van der Waals surface area contributed by atoms with Crippen LogP contribution in [-0.4, -0.2) is 67.9 Å². The van der Waals surface area contributed by atoms with Crippen molar-refractivity contribution in [3.05, 3.63) is 42.1 Å². The highest BCUT2D eigenvalue weighted by atomic mass is 16.5. The topological polar surface area (TPSA) is 115 Å². The molecule has 0 saturated carbocycles. The van der Waals surface area contributed by atoms with E-state index in [1.165, 1.54) is 6.26 Å². The van der Waals surface area contributed by atoms with E-state index >= 15 is 0 Å². The Kier molecular flexibility index (Phi) is 12.5. The van der Waals surface area contributed by atoms with Gasteiger partial charge >= 0.3 is 6.03 Å². The Balaban J connectivity index is 1.96. The lowest BCUT2D eigenvalue weighted by Gasteiger charge is -2.21. The molecule has 34 heavy (non-hydrogen) atoms. The third-order valence-electron chi connectivity index (χ3n) is 4.69. The predicted molar refractivity (Wildman–Crippen MR) is 128 cm³/mol. The molecule has 1 aromatic heterocycles. The minimum atomic E-state index is -0.326. The van der Waals surface area contributed by atoms with Crippen LogP contribution >= 0.6 is 0 Å². The van der Waals surface area contributed by atoms with E-state index in [9.17, 15) is 9.59 Å². The van der Waals surface area contributed by atoms with Gasteiger partial charge in [0.2, 0.25) is 5.89 Å². The molecule has 0 atom stereocenters. The monoisotopic (exact) mass is 476 g/mol. The van der Waals surface area contributed by atoms with Gasteiger partial charge in [-0.25, -0.2) is 9.78 Å². The molecule has 10 nitrogen and oxygen atoms in total. The Hall–Kier alpha value is -3.11. The zero-order valence-corrected chi connectivity index (χ0v) is 20.3. The maximum Gasteiger partial charge on any atom is 0.322 e. The second-order valence-electron chi connectivity index (χ2n) is 7.29. The molecule has 2 aromatic rings. The summed E-state index contributed by atoms with van der Waals surface area (Å²) in [5, 5.41) is 5.66. The van der Waals surface area contributed by atoms with Crippen molar-refractivity contribution in [1.29, 1.82) is 0 Å². The minimum Gasteiger partial charge on any atom is -0.494 e. The molecule has 0 saturated heterocycles. The average Bonchev–Trinajstić information content (AvgIpc) is 3.31. The number of nitrogens with zero attached hydrogens (tertiary/aromatic N) is 2. The van der Waals surface area contributed by atoms with Crippen LogP contribution in [0.15, 0.2) is 34.9 Å². The molecule has 2 rings (SSSR count). The predicted octanol–water partition coefficient (Wildman–Crippen LogP) is 3.69. The summed E-state index contributed by atoms with van der Waals surface area (Å²) in [5.74, 6) is 0.684. The standard InChI is InChI=1S/C24H36N4O6/c1-4-31-15-7-13-25-23(29)21-18-34-22(27-21)17-28(14-8-16-32-5-2)24(30)26-19-9-11-20(12-10-19)33-6-3/h9-12,18H,4-8,13-17H2,1-3H3,(H,25,29)(H,26,30). The van der Waals surface area contributed by atoms with E-state index in [1.807, 2.05) is 20.8 Å². The Morgan fingerprint density at radius 1 is 1.00 bits per heavy atom. The maximum atomic E-state index is 12.9. The summed E-state index contributed by atoms with van der Waals surface area (Å²) in [6, 6.07) is 6.85. The minimum absolute atomic E-state index is 0.118. The van der Waals surface area contributed by atoms with Crippen LogP contribution < -0.4 is 15.4 Å². The van der Waals surface area contributed by atoms with Gasteiger partial charge in [0.25, 0.3) is 5.91 Å². The second-order valence-corrected chi connectivity index (χ2v) is 7.29. The third-order valence-corrected chi connectivity index (χ3v) is 4.69. The van der Waals surface area contributed by atoms with Gasteiger partial charge in [0.15, 0.2) is 5.69 Å². The molecule has 0 spiro atoms. The number of ether oxygens (including phenoxy) is 3. The van der Waals surface area contributed by atoms with E-state index in [2.05, 4.69) is 15.6 Å². The van der Waals surface area contributed by atoms with Crippen molar-refractivity contribution in [3.8, 4) is 5.75 Å². The molecule has 3 amide bonds. The lowest BCUT2D eigenvalue weighted by molar-refractivity contribution is 0.0939. The molecule has 2 N–H and O–H groups in total. The lowest BCUT2D eigenvalue weighted by atomic mass is 10.3. The van der Waals surface area contributed by atoms with E-state index in [0.717, 1.165) is 5.75 Å². The van der Waals surface area contributed by atoms with E-state index in [1.54, 1.807) is 29.2 Å². The Bertz CT molecular complexity index is 855. The molecule has 0 unspecified atom stereocenters. The molecule has 0 aliphatic heterocycles. The van der Waals surface area contributed by atoms with Crippen molar-refractivity contribution < 1.29 is 28.2 Å². The molecular formula is C24H36N4O6. The molecule has 10 heteroatoms. The number of aromatic nitrogens is 1. The summed E-state index contributed by atoms with van der Waals surface area (Å²) < 4.78 is 21.5. The van der Waals surface area contributed by atoms with Crippen LogP contribution in [-0.2, 0) is 16.0 Å². The largest absolute Gasteiger partial charge is 0.494 e. The zero-order valence-electron chi connectivity index (χ0n) is 20.3. The number of carbonyl (C=O) groups is 2. The van der Waals surface area contributed by atoms with Crippen molar-refractivity contribution >= 4 is 17.6 Å². The number of urea groups is 1. The first-order valence-electron chi connectivity index (χ1n) is 11.7. The van der Waals surface area contributed by atoms with Crippen LogP contribution in [0.2, 0.25) is 0 Å². The lowest BCUT2D eigenvalue weighted by Crippen LogP contribution is -2.36. The number of nitrogens with one attached hydrogen (secondary N) is 2. The summed E-state index contributed by atoms with van der Waals surface area (Å²) in [6.45, 7) is 9.74. The summed E-state index contributed by atoms with van der Waals surface area (Å²) in [4.78, 5) is 31.0. The first kappa shape index (κ1) is 27.1. The van der Waals surface area contributed by atoms with Gasteiger partial charge in [-0.3, -0.25) is 4.79 Å². The molecule has 1 aromatic carbocycles.